The summed E-state index contributed by atoms with van der Waals surface area (Å²) < 4.78 is 29.0. The van der Waals surface area contributed by atoms with Gasteiger partial charge in [0.05, 0.1) is 21.3 Å². The Bertz CT molecular complexity index is 884. The van der Waals surface area contributed by atoms with Crippen LogP contribution in [0.2, 0.25) is 0 Å². The van der Waals surface area contributed by atoms with Gasteiger partial charge in [-0.3, -0.25) is 9.59 Å². The first-order valence-electron chi connectivity index (χ1n) is 9.43. The average Bonchev–Trinajstić information content (AvgIpc) is 2.75. The average molecular weight is 418 g/mol. The van der Waals surface area contributed by atoms with Crippen LogP contribution in [0.15, 0.2) is 36.4 Å². The molecule has 2 aromatic carbocycles. The molecule has 7 nitrogen and oxygen atoms in total. The van der Waals surface area contributed by atoms with Gasteiger partial charge in [0.15, 0.2) is 11.5 Å². The van der Waals surface area contributed by atoms with Gasteiger partial charge in [-0.15, -0.1) is 0 Å². The number of carbonyl (C=O) groups is 2. The highest BCUT2D eigenvalue weighted by Crippen LogP contribution is 2.34. The van der Waals surface area contributed by atoms with Gasteiger partial charge in [-0.2, -0.15) is 0 Å². The standard InChI is InChI=1S/C22H27FN2O5/c1-13(2)20(25-21(26)14-6-8-16(23)9-7-14)22(27)24-12-15-10-18(29-4)19(30-5)11-17(15)28-3/h6-11,13,20H,12H2,1-5H3,(H,24,27)(H,25,26)/t20-/m0/s1. The largest absolute Gasteiger partial charge is 0.496 e. The summed E-state index contributed by atoms with van der Waals surface area (Å²) in [7, 11) is 4.56. The third-order valence-corrected chi connectivity index (χ3v) is 4.58. The first-order valence-corrected chi connectivity index (χ1v) is 9.43. The van der Waals surface area contributed by atoms with Crippen LogP contribution in [0.5, 0.6) is 17.2 Å². The first-order chi connectivity index (χ1) is 14.3. The normalized spacial score (nSPS) is 11.6. The molecule has 0 aliphatic rings. The van der Waals surface area contributed by atoms with Crippen molar-refractivity contribution in [1.29, 1.82) is 0 Å². The Kier molecular flexibility index (Phi) is 8.03. The first kappa shape index (κ1) is 23.0. The lowest BCUT2D eigenvalue weighted by Crippen LogP contribution is -2.49. The van der Waals surface area contributed by atoms with Gasteiger partial charge in [0.25, 0.3) is 5.91 Å². The summed E-state index contributed by atoms with van der Waals surface area (Å²) in [5.41, 5.74) is 0.965. The van der Waals surface area contributed by atoms with Crippen LogP contribution in [0.4, 0.5) is 4.39 Å². The molecule has 30 heavy (non-hydrogen) atoms. The molecule has 1 atom stereocenters. The van der Waals surface area contributed by atoms with E-state index in [9.17, 15) is 14.0 Å². The molecule has 2 rings (SSSR count). The molecule has 0 saturated heterocycles. The topological polar surface area (TPSA) is 85.9 Å². The van der Waals surface area contributed by atoms with Crippen LogP contribution in [0.25, 0.3) is 0 Å². The van der Waals surface area contributed by atoms with Gasteiger partial charge in [-0.1, -0.05) is 13.8 Å². The smallest absolute Gasteiger partial charge is 0.251 e. The third-order valence-electron chi connectivity index (χ3n) is 4.58. The number of carbonyl (C=O) groups excluding carboxylic acids is 2. The van der Waals surface area contributed by atoms with Crippen LogP contribution in [0.1, 0.15) is 29.8 Å². The summed E-state index contributed by atoms with van der Waals surface area (Å²) in [5, 5.41) is 5.53. The summed E-state index contributed by atoms with van der Waals surface area (Å²) in [4.78, 5) is 25.2. The lowest BCUT2D eigenvalue weighted by molar-refractivity contribution is -0.124. The van der Waals surface area contributed by atoms with E-state index >= 15 is 0 Å². The Morgan fingerprint density at radius 2 is 1.50 bits per heavy atom. The second kappa shape index (κ2) is 10.5. The van der Waals surface area contributed by atoms with Crippen LogP contribution in [0, 0.1) is 11.7 Å². The lowest BCUT2D eigenvalue weighted by atomic mass is 10.0. The van der Waals surface area contributed by atoms with Crippen LogP contribution in [-0.2, 0) is 11.3 Å². The summed E-state index contributed by atoms with van der Waals surface area (Å²) >= 11 is 0. The predicted molar refractivity (Wildman–Crippen MR) is 110 cm³/mol. The predicted octanol–water partition coefficient (Wildman–Crippen LogP) is 2.92. The van der Waals surface area contributed by atoms with Gasteiger partial charge < -0.3 is 24.8 Å². The summed E-state index contributed by atoms with van der Waals surface area (Å²) in [6.45, 7) is 3.82. The minimum atomic E-state index is -0.770. The number of methoxy groups -OCH3 is 3. The number of hydrogen-bond donors (Lipinski definition) is 2. The molecule has 0 heterocycles. The van der Waals surface area contributed by atoms with Crippen molar-refractivity contribution in [2.75, 3.05) is 21.3 Å². The molecule has 2 aromatic rings. The van der Waals surface area contributed by atoms with Crippen molar-refractivity contribution >= 4 is 11.8 Å². The summed E-state index contributed by atoms with van der Waals surface area (Å²) in [6, 6.07) is 7.76. The van der Waals surface area contributed by atoms with Crippen molar-refractivity contribution in [3.05, 3.63) is 53.3 Å². The lowest BCUT2D eigenvalue weighted by Gasteiger charge is -2.22. The van der Waals surface area contributed by atoms with Gasteiger partial charge in [-0.25, -0.2) is 4.39 Å². The Labute approximate surface area is 175 Å². The molecule has 162 valence electrons. The van der Waals surface area contributed by atoms with Gasteiger partial charge in [0.2, 0.25) is 5.91 Å². The number of halogens is 1. The molecule has 0 aromatic heterocycles. The molecule has 0 radical (unpaired) electrons. The fourth-order valence-electron chi connectivity index (χ4n) is 2.88. The van der Waals surface area contributed by atoms with Gasteiger partial charge in [0.1, 0.15) is 17.6 Å². The van der Waals surface area contributed by atoms with E-state index in [-0.39, 0.29) is 23.9 Å². The van der Waals surface area contributed by atoms with E-state index in [1.807, 2.05) is 13.8 Å². The van der Waals surface area contributed by atoms with Crippen LogP contribution >= 0.6 is 0 Å². The summed E-state index contributed by atoms with van der Waals surface area (Å²) in [6.07, 6.45) is 0. The monoisotopic (exact) mass is 418 g/mol. The van der Waals surface area contributed by atoms with E-state index in [0.29, 0.717) is 22.8 Å². The molecule has 0 bridgehead atoms. The molecule has 0 aliphatic heterocycles. The van der Waals surface area contributed by atoms with E-state index in [2.05, 4.69) is 10.6 Å². The number of nitrogens with one attached hydrogen (secondary N) is 2. The van der Waals surface area contributed by atoms with E-state index in [1.165, 1.54) is 45.6 Å². The number of amides is 2. The quantitative estimate of drug-likeness (QED) is 0.654. The van der Waals surface area contributed by atoms with E-state index in [4.69, 9.17) is 14.2 Å². The van der Waals surface area contributed by atoms with Gasteiger partial charge in [-0.05, 0) is 36.2 Å². The molecule has 0 aliphatic carbocycles. The molecule has 2 N–H and O–H groups in total. The minimum absolute atomic E-state index is 0.165. The molecule has 0 spiro atoms. The molecule has 0 saturated carbocycles. The Balaban J connectivity index is 2.12. The Morgan fingerprint density at radius 1 is 0.933 bits per heavy atom. The van der Waals surface area contributed by atoms with Crippen molar-refractivity contribution in [2.45, 2.75) is 26.4 Å². The molecular weight excluding hydrogens is 391 g/mol. The van der Waals surface area contributed by atoms with E-state index < -0.39 is 17.8 Å². The number of rotatable bonds is 9. The highest BCUT2D eigenvalue weighted by atomic mass is 19.1. The molecule has 2 amide bonds. The second-order valence-corrected chi connectivity index (χ2v) is 6.94. The maximum Gasteiger partial charge on any atom is 0.251 e. The zero-order valence-electron chi connectivity index (χ0n) is 17.7. The van der Waals surface area contributed by atoms with E-state index in [0.717, 1.165) is 0 Å². The molecule has 0 fully saturated rings. The highest BCUT2D eigenvalue weighted by Gasteiger charge is 2.25. The van der Waals surface area contributed by atoms with Crippen molar-refractivity contribution in [3.8, 4) is 17.2 Å². The van der Waals surface area contributed by atoms with Crippen molar-refractivity contribution in [2.24, 2.45) is 5.92 Å². The Hall–Kier alpha value is -3.29. The van der Waals surface area contributed by atoms with Crippen molar-refractivity contribution in [1.82, 2.24) is 10.6 Å². The number of hydrogen-bond acceptors (Lipinski definition) is 5. The van der Waals surface area contributed by atoms with Gasteiger partial charge in [0, 0.05) is 23.7 Å². The van der Waals surface area contributed by atoms with E-state index in [1.54, 1.807) is 12.1 Å². The highest BCUT2D eigenvalue weighted by molar-refractivity contribution is 5.97. The van der Waals surface area contributed by atoms with Crippen molar-refractivity contribution in [3.63, 3.8) is 0 Å². The molecular formula is C22H27FN2O5. The van der Waals surface area contributed by atoms with Gasteiger partial charge >= 0.3 is 0 Å². The van der Waals surface area contributed by atoms with Crippen LogP contribution in [0.3, 0.4) is 0 Å². The Morgan fingerprint density at radius 3 is 2.03 bits per heavy atom. The van der Waals surface area contributed by atoms with Crippen molar-refractivity contribution < 1.29 is 28.2 Å². The fourth-order valence-corrected chi connectivity index (χ4v) is 2.88. The third kappa shape index (κ3) is 5.62. The van der Waals surface area contributed by atoms with Crippen LogP contribution in [-0.4, -0.2) is 39.2 Å². The van der Waals surface area contributed by atoms with Crippen LogP contribution < -0.4 is 24.8 Å². The fraction of sp³-hybridized carbons (Fsp3) is 0.364. The minimum Gasteiger partial charge on any atom is -0.496 e. The number of benzene rings is 2. The zero-order chi connectivity index (χ0) is 22.3. The molecule has 8 heteroatoms. The zero-order valence-corrected chi connectivity index (χ0v) is 17.7. The maximum absolute atomic E-state index is 13.1. The second-order valence-electron chi connectivity index (χ2n) is 6.94. The number of ether oxygens (including phenoxy) is 3. The molecule has 0 unspecified atom stereocenters. The SMILES string of the molecule is COc1cc(OC)c(OC)cc1CNC(=O)[C@@H](NC(=O)c1ccc(F)cc1)C(C)C. The maximum atomic E-state index is 13.1. The summed E-state index contributed by atoms with van der Waals surface area (Å²) in [5.74, 6) is 0.146.